The van der Waals surface area contributed by atoms with Crippen LogP contribution in [0.1, 0.15) is 5.56 Å². The molecule has 9 heteroatoms. The fourth-order valence-corrected chi connectivity index (χ4v) is 3.95. The molecule has 32 heavy (non-hydrogen) atoms. The quantitative estimate of drug-likeness (QED) is 0.532. The van der Waals surface area contributed by atoms with Crippen LogP contribution in [-0.2, 0) is 10.0 Å². The van der Waals surface area contributed by atoms with Gasteiger partial charge in [-0.3, -0.25) is 4.90 Å². The number of aryl methyl sites for hydroxylation is 1. The van der Waals surface area contributed by atoms with E-state index in [-0.39, 0.29) is 18.0 Å². The molecular weight excluding hydrogens is 433 g/mol. The predicted molar refractivity (Wildman–Crippen MR) is 122 cm³/mol. The van der Waals surface area contributed by atoms with Crippen molar-refractivity contribution in [2.24, 2.45) is 0 Å². The summed E-state index contributed by atoms with van der Waals surface area (Å²) in [5.41, 5.74) is 1.90. The first-order chi connectivity index (χ1) is 15.3. The summed E-state index contributed by atoms with van der Waals surface area (Å²) in [5.74, 6) is 0.202. The number of hydrogen-bond acceptors (Lipinski definition) is 4. The first-order valence-electron chi connectivity index (χ1n) is 9.83. The maximum Gasteiger partial charge on any atom is 0.326 e. The van der Waals surface area contributed by atoms with E-state index >= 15 is 0 Å². The number of ether oxygens (including phenoxy) is 1. The molecule has 0 radical (unpaired) electrons. The van der Waals surface area contributed by atoms with Gasteiger partial charge in [-0.2, -0.15) is 0 Å². The number of sulfonamides is 1. The zero-order valence-corrected chi connectivity index (χ0v) is 18.5. The minimum atomic E-state index is -3.74. The fourth-order valence-electron chi connectivity index (χ4n) is 2.93. The normalized spacial score (nSPS) is 11.1. The van der Waals surface area contributed by atoms with Gasteiger partial charge in [-0.15, -0.1) is 0 Å². The number of carbonyl (C=O) groups is 1. The molecule has 0 spiro atoms. The molecule has 0 saturated carbocycles. The van der Waals surface area contributed by atoms with Gasteiger partial charge in [-0.25, -0.2) is 22.3 Å². The van der Waals surface area contributed by atoms with Crippen molar-refractivity contribution in [1.82, 2.24) is 4.72 Å². The lowest BCUT2D eigenvalue weighted by molar-refractivity contribution is 0.257. The Morgan fingerprint density at radius 1 is 0.969 bits per heavy atom. The molecule has 0 saturated heterocycles. The first-order valence-corrected chi connectivity index (χ1v) is 11.3. The number of halogens is 1. The molecule has 0 aliphatic heterocycles. The molecule has 0 atom stereocenters. The molecule has 0 unspecified atom stereocenters. The van der Waals surface area contributed by atoms with E-state index in [1.807, 2.05) is 6.92 Å². The van der Waals surface area contributed by atoms with Crippen LogP contribution in [0.3, 0.4) is 0 Å². The number of rotatable bonds is 8. The van der Waals surface area contributed by atoms with Crippen molar-refractivity contribution < 1.29 is 22.3 Å². The van der Waals surface area contributed by atoms with Crippen molar-refractivity contribution in [3.63, 3.8) is 0 Å². The highest BCUT2D eigenvalue weighted by Crippen LogP contribution is 2.19. The Balaban J connectivity index is 1.73. The van der Waals surface area contributed by atoms with Gasteiger partial charge < -0.3 is 10.1 Å². The molecule has 0 aromatic heterocycles. The molecule has 0 heterocycles. The lowest BCUT2D eigenvalue weighted by Crippen LogP contribution is -2.41. The number of hydrogen-bond donors (Lipinski definition) is 2. The number of nitrogens with zero attached hydrogens (tertiary/aromatic N) is 1. The summed E-state index contributed by atoms with van der Waals surface area (Å²) in [4.78, 5) is 14.4. The molecule has 0 aliphatic rings. The van der Waals surface area contributed by atoms with E-state index in [1.54, 1.807) is 43.5 Å². The number of nitrogens with one attached hydrogen (secondary N) is 2. The maximum absolute atomic E-state index is 13.4. The Morgan fingerprint density at radius 3 is 2.19 bits per heavy atom. The third-order valence-corrected chi connectivity index (χ3v) is 6.16. The molecule has 3 rings (SSSR count). The van der Waals surface area contributed by atoms with E-state index in [9.17, 15) is 17.6 Å². The largest absolute Gasteiger partial charge is 0.497 e. The van der Waals surface area contributed by atoms with Crippen LogP contribution in [0.5, 0.6) is 5.75 Å². The highest BCUT2D eigenvalue weighted by molar-refractivity contribution is 7.89. The van der Waals surface area contributed by atoms with E-state index < -0.39 is 21.9 Å². The SMILES string of the molecule is COc1ccc(NC(=O)N(CCNS(=O)(=O)c2ccc(C)cc2)c2ccc(F)cc2)cc1. The van der Waals surface area contributed by atoms with Crippen molar-refractivity contribution in [2.75, 3.05) is 30.4 Å². The zero-order chi connectivity index (χ0) is 23.1. The van der Waals surface area contributed by atoms with Crippen LogP contribution in [0.25, 0.3) is 0 Å². The van der Waals surface area contributed by atoms with Crippen LogP contribution in [0.2, 0.25) is 0 Å². The highest BCUT2D eigenvalue weighted by atomic mass is 32.2. The van der Waals surface area contributed by atoms with Gasteiger partial charge in [0.2, 0.25) is 10.0 Å². The molecule has 0 aliphatic carbocycles. The Bertz CT molecular complexity index is 1150. The van der Waals surface area contributed by atoms with Gasteiger partial charge in [0.15, 0.2) is 0 Å². The van der Waals surface area contributed by atoms with Crippen molar-refractivity contribution >= 4 is 27.4 Å². The van der Waals surface area contributed by atoms with Crippen LogP contribution in [0.4, 0.5) is 20.6 Å². The highest BCUT2D eigenvalue weighted by Gasteiger charge is 2.19. The second kappa shape index (κ2) is 10.3. The minimum absolute atomic E-state index is 0.0265. The molecule has 2 amide bonds. The van der Waals surface area contributed by atoms with Crippen molar-refractivity contribution in [1.29, 1.82) is 0 Å². The second-order valence-electron chi connectivity index (χ2n) is 7.00. The number of benzene rings is 3. The Morgan fingerprint density at radius 2 is 1.59 bits per heavy atom. The zero-order valence-electron chi connectivity index (χ0n) is 17.7. The first kappa shape index (κ1) is 23.2. The van der Waals surface area contributed by atoms with Crippen LogP contribution in [0.15, 0.2) is 77.7 Å². The number of carbonyl (C=O) groups excluding carboxylic acids is 1. The van der Waals surface area contributed by atoms with E-state index in [0.29, 0.717) is 17.1 Å². The Hall–Kier alpha value is -3.43. The summed E-state index contributed by atoms with van der Waals surface area (Å²) in [6.45, 7) is 1.86. The standard InChI is InChI=1S/C23H24FN3O4S/c1-17-3-13-22(14-4-17)32(29,30)25-15-16-27(20-9-5-18(24)6-10-20)23(28)26-19-7-11-21(31-2)12-8-19/h3-14,25H,15-16H2,1-2H3,(H,26,28). The van der Waals surface area contributed by atoms with Crippen molar-refractivity contribution in [3.05, 3.63) is 84.2 Å². The van der Waals surface area contributed by atoms with E-state index in [0.717, 1.165) is 5.56 Å². The topological polar surface area (TPSA) is 87.7 Å². The van der Waals surface area contributed by atoms with Gasteiger partial charge in [-0.1, -0.05) is 17.7 Å². The summed E-state index contributed by atoms with van der Waals surface area (Å²) in [5, 5.41) is 2.75. The Kier molecular flexibility index (Phi) is 7.45. The summed E-state index contributed by atoms with van der Waals surface area (Å²) in [6, 6.07) is 18.1. The number of anilines is 2. The van der Waals surface area contributed by atoms with Gasteiger partial charge in [-0.05, 0) is 67.6 Å². The Labute approximate surface area is 186 Å². The predicted octanol–water partition coefficient (Wildman–Crippen LogP) is 4.16. The maximum atomic E-state index is 13.4. The third-order valence-electron chi connectivity index (χ3n) is 4.68. The molecule has 0 bridgehead atoms. The molecule has 0 fully saturated rings. The average Bonchev–Trinajstić information content (AvgIpc) is 2.78. The van der Waals surface area contributed by atoms with Gasteiger partial charge in [0.25, 0.3) is 0 Å². The summed E-state index contributed by atoms with van der Waals surface area (Å²) in [6.07, 6.45) is 0. The monoisotopic (exact) mass is 457 g/mol. The van der Waals surface area contributed by atoms with Crippen molar-refractivity contribution in [3.8, 4) is 5.75 Å². The lowest BCUT2D eigenvalue weighted by atomic mass is 10.2. The van der Waals surface area contributed by atoms with E-state index in [2.05, 4.69) is 10.0 Å². The van der Waals surface area contributed by atoms with Gasteiger partial charge >= 0.3 is 6.03 Å². The fraction of sp³-hybridized carbons (Fsp3) is 0.174. The third kappa shape index (κ3) is 6.05. The summed E-state index contributed by atoms with van der Waals surface area (Å²) < 4.78 is 46.0. The van der Waals surface area contributed by atoms with Crippen LogP contribution in [0, 0.1) is 12.7 Å². The van der Waals surface area contributed by atoms with Crippen LogP contribution in [-0.4, -0.2) is 34.6 Å². The van der Waals surface area contributed by atoms with E-state index in [4.69, 9.17) is 4.74 Å². The van der Waals surface area contributed by atoms with Gasteiger partial charge in [0.1, 0.15) is 11.6 Å². The second-order valence-corrected chi connectivity index (χ2v) is 8.76. The summed E-state index contributed by atoms with van der Waals surface area (Å²) >= 11 is 0. The molecular formula is C23H24FN3O4S. The van der Waals surface area contributed by atoms with E-state index in [1.165, 1.54) is 41.3 Å². The molecule has 3 aromatic carbocycles. The smallest absolute Gasteiger partial charge is 0.326 e. The number of methoxy groups -OCH3 is 1. The van der Waals surface area contributed by atoms with Gasteiger partial charge in [0.05, 0.1) is 12.0 Å². The minimum Gasteiger partial charge on any atom is -0.497 e. The molecule has 3 aromatic rings. The van der Waals surface area contributed by atoms with Gasteiger partial charge in [0, 0.05) is 24.5 Å². The van der Waals surface area contributed by atoms with Crippen molar-refractivity contribution in [2.45, 2.75) is 11.8 Å². The summed E-state index contributed by atoms with van der Waals surface area (Å²) in [7, 11) is -2.19. The molecule has 7 nitrogen and oxygen atoms in total. The average molecular weight is 458 g/mol. The molecule has 2 N–H and O–H groups in total. The number of amides is 2. The van der Waals surface area contributed by atoms with Crippen LogP contribution >= 0.6 is 0 Å². The number of urea groups is 1. The molecule has 168 valence electrons. The van der Waals surface area contributed by atoms with Crippen LogP contribution < -0.4 is 19.7 Å². The lowest BCUT2D eigenvalue weighted by Gasteiger charge is -2.23.